The number of carbonyl (C=O) groups excluding carboxylic acids is 1. The summed E-state index contributed by atoms with van der Waals surface area (Å²) in [7, 11) is 0. The number of nitrogens with one attached hydrogen (secondary N) is 1. The lowest BCUT2D eigenvalue weighted by atomic mass is 10.0. The van der Waals surface area contributed by atoms with Crippen LogP contribution in [0.1, 0.15) is 47.1 Å². The fourth-order valence-electron chi connectivity index (χ4n) is 4.78. The van der Waals surface area contributed by atoms with E-state index in [1.54, 1.807) is 0 Å². The van der Waals surface area contributed by atoms with Gasteiger partial charge in [-0.1, -0.05) is 6.07 Å². The second-order valence-electron chi connectivity index (χ2n) is 8.83. The van der Waals surface area contributed by atoms with Crippen molar-refractivity contribution >= 4 is 23.1 Å². The summed E-state index contributed by atoms with van der Waals surface area (Å²) in [5.74, 6) is -2.55. The topological polar surface area (TPSA) is 143 Å². The van der Waals surface area contributed by atoms with E-state index in [4.69, 9.17) is 11.5 Å². The standard InChI is InChI=1S/C24H25F2N7O2/c25-14-4-1-5-15(26)19(14)16-9-30-23(28)21(31-16)24(35)32-17-10-29-20-13(6-7-18(20)34)22(17)33-8-2-3-12(27)11-33/h1,4-5,9-10,12,18,34H,2-3,6-8,11,27H2,(H2,28,30)(H,32,35)/t12-,18+/m0/s1. The van der Waals surface area contributed by atoms with E-state index in [0.717, 1.165) is 49.0 Å². The highest BCUT2D eigenvalue weighted by molar-refractivity contribution is 6.07. The molecule has 0 spiro atoms. The van der Waals surface area contributed by atoms with Gasteiger partial charge < -0.3 is 26.8 Å². The molecule has 1 aliphatic carbocycles. The van der Waals surface area contributed by atoms with Crippen LogP contribution in [0.25, 0.3) is 11.3 Å². The SMILES string of the molecule is Nc1ncc(-c2c(F)cccc2F)nc1C(=O)Nc1cnc2c(c1N1CCC[C@H](N)C1)CC[C@H]2O. The van der Waals surface area contributed by atoms with Crippen molar-refractivity contribution in [1.82, 2.24) is 15.0 Å². The number of aromatic nitrogens is 3. The van der Waals surface area contributed by atoms with Gasteiger partial charge in [-0.3, -0.25) is 9.78 Å². The van der Waals surface area contributed by atoms with E-state index < -0.39 is 29.2 Å². The number of hydrogen-bond acceptors (Lipinski definition) is 8. The number of halogens is 2. The summed E-state index contributed by atoms with van der Waals surface area (Å²) < 4.78 is 28.6. The molecule has 0 saturated carbocycles. The molecule has 2 atom stereocenters. The maximum atomic E-state index is 14.3. The highest BCUT2D eigenvalue weighted by Crippen LogP contribution is 2.41. The zero-order valence-electron chi connectivity index (χ0n) is 18.8. The molecule has 0 unspecified atom stereocenters. The molecule has 182 valence electrons. The van der Waals surface area contributed by atoms with E-state index in [-0.39, 0.29) is 23.2 Å². The predicted octanol–water partition coefficient (Wildman–Crippen LogP) is 2.56. The van der Waals surface area contributed by atoms with Gasteiger partial charge in [-0.25, -0.2) is 18.7 Å². The van der Waals surface area contributed by atoms with E-state index in [1.165, 1.54) is 12.3 Å². The van der Waals surface area contributed by atoms with Crippen molar-refractivity contribution in [3.8, 4) is 11.3 Å². The van der Waals surface area contributed by atoms with Crippen molar-refractivity contribution in [3.05, 3.63) is 59.2 Å². The lowest BCUT2D eigenvalue weighted by molar-refractivity contribution is 0.102. The number of amides is 1. The molecule has 3 heterocycles. The molecule has 0 bridgehead atoms. The maximum Gasteiger partial charge on any atom is 0.278 e. The predicted molar refractivity (Wildman–Crippen MR) is 127 cm³/mol. The molecule has 9 nitrogen and oxygen atoms in total. The first-order valence-corrected chi connectivity index (χ1v) is 11.4. The van der Waals surface area contributed by atoms with Crippen LogP contribution in [0.4, 0.5) is 26.0 Å². The van der Waals surface area contributed by atoms with Crippen molar-refractivity contribution in [3.63, 3.8) is 0 Å². The average molecular weight is 482 g/mol. The lowest BCUT2D eigenvalue weighted by Crippen LogP contribution is -2.43. The van der Waals surface area contributed by atoms with Crippen molar-refractivity contribution < 1.29 is 18.7 Å². The van der Waals surface area contributed by atoms with Gasteiger partial charge in [0.2, 0.25) is 0 Å². The number of anilines is 3. The Balaban J connectivity index is 1.52. The number of aliphatic hydroxyl groups excluding tert-OH is 1. The first-order valence-electron chi connectivity index (χ1n) is 11.4. The third kappa shape index (κ3) is 4.28. The van der Waals surface area contributed by atoms with Crippen LogP contribution in [-0.4, -0.2) is 45.1 Å². The molecule has 3 aromatic rings. The summed E-state index contributed by atoms with van der Waals surface area (Å²) in [6, 6.07) is 3.40. The molecule has 1 fully saturated rings. The Labute approximate surface area is 200 Å². The maximum absolute atomic E-state index is 14.3. The molecule has 1 saturated heterocycles. The number of nitrogen functional groups attached to an aromatic ring is 1. The smallest absolute Gasteiger partial charge is 0.278 e. The third-order valence-electron chi connectivity index (χ3n) is 6.42. The number of pyridine rings is 1. The number of benzene rings is 1. The zero-order chi connectivity index (χ0) is 24.7. The Morgan fingerprint density at radius 1 is 1.17 bits per heavy atom. The number of piperidine rings is 1. The van der Waals surface area contributed by atoms with Gasteiger partial charge in [-0.2, -0.15) is 0 Å². The molecule has 6 N–H and O–H groups in total. The number of carbonyl (C=O) groups is 1. The van der Waals surface area contributed by atoms with Crippen LogP contribution in [-0.2, 0) is 6.42 Å². The Kier molecular flexibility index (Phi) is 6.03. The van der Waals surface area contributed by atoms with Crippen molar-refractivity contribution in [2.24, 2.45) is 5.73 Å². The molecule has 5 rings (SSSR count). The van der Waals surface area contributed by atoms with Crippen molar-refractivity contribution in [1.29, 1.82) is 0 Å². The van der Waals surface area contributed by atoms with Gasteiger partial charge in [0.05, 0.1) is 46.8 Å². The molecular formula is C24H25F2N7O2. The summed E-state index contributed by atoms with van der Waals surface area (Å²) in [6.45, 7) is 1.34. The summed E-state index contributed by atoms with van der Waals surface area (Å²) in [6.07, 6.45) is 4.89. The van der Waals surface area contributed by atoms with Crippen molar-refractivity contribution in [2.45, 2.75) is 37.8 Å². The van der Waals surface area contributed by atoms with E-state index in [2.05, 4.69) is 25.2 Å². The Morgan fingerprint density at radius 3 is 2.69 bits per heavy atom. The minimum absolute atomic E-state index is 0.0173. The van der Waals surface area contributed by atoms with Gasteiger partial charge in [0.25, 0.3) is 5.91 Å². The van der Waals surface area contributed by atoms with Crippen LogP contribution in [0.15, 0.2) is 30.6 Å². The largest absolute Gasteiger partial charge is 0.387 e. The summed E-state index contributed by atoms with van der Waals surface area (Å²) >= 11 is 0. The van der Waals surface area contributed by atoms with Gasteiger partial charge in [0.15, 0.2) is 11.5 Å². The fraction of sp³-hybridized carbons (Fsp3) is 0.333. The third-order valence-corrected chi connectivity index (χ3v) is 6.42. The van der Waals surface area contributed by atoms with E-state index >= 15 is 0 Å². The highest BCUT2D eigenvalue weighted by Gasteiger charge is 2.31. The molecule has 2 aromatic heterocycles. The van der Waals surface area contributed by atoms with Gasteiger partial charge in [0.1, 0.15) is 11.6 Å². The minimum atomic E-state index is -0.833. The number of aliphatic hydroxyl groups is 1. The Bertz CT molecular complexity index is 1280. The van der Waals surface area contributed by atoms with E-state index in [0.29, 0.717) is 30.8 Å². The molecule has 1 amide bonds. The minimum Gasteiger partial charge on any atom is -0.387 e. The van der Waals surface area contributed by atoms with Crippen LogP contribution in [0.3, 0.4) is 0 Å². The lowest BCUT2D eigenvalue weighted by Gasteiger charge is -2.35. The zero-order valence-corrected chi connectivity index (χ0v) is 18.8. The molecule has 0 radical (unpaired) electrons. The van der Waals surface area contributed by atoms with Gasteiger partial charge >= 0.3 is 0 Å². The Hall–Kier alpha value is -3.70. The Morgan fingerprint density at radius 2 is 1.94 bits per heavy atom. The quantitative estimate of drug-likeness (QED) is 0.445. The molecule has 35 heavy (non-hydrogen) atoms. The number of fused-ring (bicyclic) bond motifs is 1. The molecule has 11 heteroatoms. The van der Waals surface area contributed by atoms with Gasteiger partial charge in [-0.05, 0) is 37.8 Å². The normalized spacial score (nSPS) is 19.5. The number of nitrogens with two attached hydrogens (primary N) is 2. The molecule has 2 aliphatic rings. The van der Waals surface area contributed by atoms with Crippen LogP contribution in [0.5, 0.6) is 0 Å². The average Bonchev–Trinajstić information content (AvgIpc) is 3.20. The molecular weight excluding hydrogens is 456 g/mol. The number of rotatable bonds is 4. The van der Waals surface area contributed by atoms with E-state index in [1.807, 2.05) is 0 Å². The molecule has 1 aromatic carbocycles. The van der Waals surface area contributed by atoms with Crippen LogP contribution in [0.2, 0.25) is 0 Å². The summed E-state index contributed by atoms with van der Waals surface area (Å²) in [5.41, 5.74) is 13.9. The van der Waals surface area contributed by atoms with Crippen LogP contribution >= 0.6 is 0 Å². The molecule has 1 aliphatic heterocycles. The number of nitrogens with zero attached hydrogens (tertiary/aromatic N) is 4. The first-order chi connectivity index (χ1) is 16.8. The monoisotopic (exact) mass is 481 g/mol. The van der Waals surface area contributed by atoms with E-state index in [9.17, 15) is 18.7 Å². The second kappa shape index (κ2) is 9.16. The highest BCUT2D eigenvalue weighted by atomic mass is 19.1. The fourth-order valence-corrected chi connectivity index (χ4v) is 4.78. The summed E-state index contributed by atoms with van der Waals surface area (Å²) in [4.78, 5) is 27.8. The number of hydrogen-bond donors (Lipinski definition) is 4. The van der Waals surface area contributed by atoms with Crippen LogP contribution < -0.4 is 21.7 Å². The van der Waals surface area contributed by atoms with Crippen LogP contribution in [0, 0.1) is 11.6 Å². The second-order valence-corrected chi connectivity index (χ2v) is 8.83. The first kappa shape index (κ1) is 23.1. The summed E-state index contributed by atoms with van der Waals surface area (Å²) in [5, 5.41) is 13.1. The van der Waals surface area contributed by atoms with Gasteiger partial charge in [0, 0.05) is 24.7 Å². The van der Waals surface area contributed by atoms with Gasteiger partial charge in [-0.15, -0.1) is 0 Å². The van der Waals surface area contributed by atoms with Crippen molar-refractivity contribution in [2.75, 3.05) is 29.0 Å².